The van der Waals surface area contributed by atoms with E-state index in [0.717, 1.165) is 19.2 Å². The van der Waals surface area contributed by atoms with Crippen LogP contribution in [-0.4, -0.2) is 75.4 Å². The molecule has 2 atom stereocenters. The molecule has 0 aliphatic carbocycles. The van der Waals surface area contributed by atoms with Gasteiger partial charge in [-0.3, -0.25) is 9.80 Å². The highest BCUT2D eigenvalue weighted by molar-refractivity contribution is 4.88. The first kappa shape index (κ1) is 12.3. The summed E-state index contributed by atoms with van der Waals surface area (Å²) in [7, 11) is 3.80. The molecule has 2 heterocycles. The van der Waals surface area contributed by atoms with E-state index in [0.29, 0.717) is 6.04 Å². The van der Waals surface area contributed by atoms with Crippen LogP contribution >= 0.6 is 0 Å². The molecule has 16 heavy (non-hydrogen) atoms. The zero-order valence-corrected chi connectivity index (χ0v) is 10.6. The molecule has 2 saturated heterocycles. The van der Waals surface area contributed by atoms with Crippen LogP contribution in [0.5, 0.6) is 0 Å². The van der Waals surface area contributed by atoms with Gasteiger partial charge in [-0.15, -0.1) is 0 Å². The summed E-state index contributed by atoms with van der Waals surface area (Å²) in [5, 5.41) is 3.33. The second-order valence-electron chi connectivity index (χ2n) is 5.03. The van der Waals surface area contributed by atoms with Crippen LogP contribution in [0.2, 0.25) is 0 Å². The van der Waals surface area contributed by atoms with E-state index < -0.39 is 0 Å². The van der Waals surface area contributed by atoms with Crippen molar-refractivity contribution in [2.24, 2.45) is 0 Å². The van der Waals surface area contributed by atoms with Crippen molar-refractivity contribution < 1.29 is 4.74 Å². The van der Waals surface area contributed by atoms with Crippen molar-refractivity contribution in [2.45, 2.75) is 24.9 Å². The largest absolute Gasteiger partial charge is 0.383 e. The minimum Gasteiger partial charge on any atom is -0.383 e. The average molecular weight is 227 g/mol. The fraction of sp³-hybridized carbons (Fsp3) is 1.00. The molecule has 2 unspecified atom stereocenters. The van der Waals surface area contributed by atoms with E-state index in [2.05, 4.69) is 15.1 Å². The Kier molecular flexibility index (Phi) is 4.58. The smallest absolute Gasteiger partial charge is 0.0628 e. The molecule has 2 aliphatic rings. The van der Waals surface area contributed by atoms with Crippen LogP contribution in [0.4, 0.5) is 0 Å². The van der Waals surface area contributed by atoms with Crippen LogP contribution in [0, 0.1) is 0 Å². The van der Waals surface area contributed by atoms with Crippen molar-refractivity contribution in [2.75, 3.05) is 53.5 Å². The number of nitrogens with one attached hydrogen (secondary N) is 1. The summed E-state index contributed by atoms with van der Waals surface area (Å²) in [5.74, 6) is 0. The Labute approximate surface area is 98.9 Å². The molecule has 2 rings (SSSR count). The van der Waals surface area contributed by atoms with Crippen LogP contribution in [0.15, 0.2) is 0 Å². The molecule has 94 valence electrons. The highest BCUT2D eigenvalue weighted by Gasteiger charge is 2.30. The number of ether oxygens (including phenoxy) is 1. The van der Waals surface area contributed by atoms with E-state index in [4.69, 9.17) is 4.74 Å². The first-order chi connectivity index (χ1) is 7.83. The predicted octanol–water partition coefficient (Wildman–Crippen LogP) is 0.000800. The van der Waals surface area contributed by atoms with Crippen molar-refractivity contribution in [1.82, 2.24) is 15.1 Å². The van der Waals surface area contributed by atoms with Crippen LogP contribution in [0.25, 0.3) is 0 Å². The number of fused-ring (bicyclic) bond motifs is 1. The lowest BCUT2D eigenvalue weighted by Crippen LogP contribution is -2.53. The van der Waals surface area contributed by atoms with Gasteiger partial charge in [0, 0.05) is 45.4 Å². The molecule has 4 heteroatoms. The van der Waals surface area contributed by atoms with Crippen LogP contribution in [0.1, 0.15) is 12.8 Å². The number of methoxy groups -OCH3 is 1. The molecule has 0 radical (unpaired) electrons. The molecule has 1 N–H and O–H groups in total. The SMILES string of the molecule is CNC(COC)CN1CCN2CCCC2C1. The van der Waals surface area contributed by atoms with E-state index in [1.54, 1.807) is 7.11 Å². The summed E-state index contributed by atoms with van der Waals surface area (Å²) in [6, 6.07) is 1.30. The first-order valence-corrected chi connectivity index (χ1v) is 6.46. The van der Waals surface area contributed by atoms with E-state index in [9.17, 15) is 0 Å². The van der Waals surface area contributed by atoms with Gasteiger partial charge in [0.15, 0.2) is 0 Å². The quantitative estimate of drug-likeness (QED) is 0.715. The Bertz CT molecular complexity index is 212. The summed E-state index contributed by atoms with van der Waals surface area (Å²) >= 11 is 0. The molecule has 2 fully saturated rings. The van der Waals surface area contributed by atoms with Gasteiger partial charge in [0.1, 0.15) is 0 Å². The molecule has 0 saturated carbocycles. The summed E-state index contributed by atoms with van der Waals surface area (Å²) in [6.07, 6.45) is 2.79. The zero-order valence-electron chi connectivity index (χ0n) is 10.6. The third-order valence-corrected chi connectivity index (χ3v) is 3.93. The molecule has 0 amide bonds. The number of hydrogen-bond donors (Lipinski definition) is 1. The highest BCUT2D eigenvalue weighted by atomic mass is 16.5. The summed E-state index contributed by atoms with van der Waals surface area (Å²) in [5.41, 5.74) is 0. The Morgan fingerprint density at radius 2 is 2.25 bits per heavy atom. The number of nitrogens with zero attached hydrogens (tertiary/aromatic N) is 2. The summed E-state index contributed by atoms with van der Waals surface area (Å²) in [4.78, 5) is 5.24. The fourth-order valence-corrected chi connectivity index (χ4v) is 2.96. The van der Waals surface area contributed by atoms with Gasteiger partial charge in [-0.05, 0) is 26.4 Å². The van der Waals surface area contributed by atoms with Crippen molar-refractivity contribution >= 4 is 0 Å². The fourth-order valence-electron chi connectivity index (χ4n) is 2.96. The maximum Gasteiger partial charge on any atom is 0.0628 e. The van der Waals surface area contributed by atoms with Gasteiger partial charge >= 0.3 is 0 Å². The lowest BCUT2D eigenvalue weighted by atomic mass is 10.1. The maximum atomic E-state index is 5.22. The van der Waals surface area contributed by atoms with E-state index >= 15 is 0 Å². The van der Waals surface area contributed by atoms with Gasteiger partial charge in [0.2, 0.25) is 0 Å². The summed E-state index contributed by atoms with van der Waals surface area (Å²) in [6.45, 7) is 6.98. The molecule has 4 nitrogen and oxygen atoms in total. The van der Waals surface area contributed by atoms with Crippen molar-refractivity contribution in [3.8, 4) is 0 Å². The van der Waals surface area contributed by atoms with Gasteiger partial charge in [0.25, 0.3) is 0 Å². The molecule has 0 aromatic carbocycles. The van der Waals surface area contributed by atoms with Crippen LogP contribution in [-0.2, 0) is 4.74 Å². The van der Waals surface area contributed by atoms with Crippen molar-refractivity contribution in [3.63, 3.8) is 0 Å². The number of hydrogen-bond acceptors (Lipinski definition) is 4. The van der Waals surface area contributed by atoms with Gasteiger partial charge in [0.05, 0.1) is 6.61 Å². The third kappa shape index (κ3) is 2.94. The topological polar surface area (TPSA) is 27.7 Å². The van der Waals surface area contributed by atoms with E-state index in [-0.39, 0.29) is 0 Å². The van der Waals surface area contributed by atoms with Gasteiger partial charge in [-0.2, -0.15) is 0 Å². The molecule has 0 aromatic rings. The Morgan fingerprint density at radius 1 is 1.38 bits per heavy atom. The van der Waals surface area contributed by atoms with E-state index in [1.165, 1.54) is 39.0 Å². The molecule has 0 aromatic heterocycles. The minimum absolute atomic E-state index is 0.470. The minimum atomic E-state index is 0.470. The van der Waals surface area contributed by atoms with Crippen LogP contribution in [0.3, 0.4) is 0 Å². The lowest BCUT2D eigenvalue weighted by Gasteiger charge is -2.38. The maximum absolute atomic E-state index is 5.22. The second-order valence-corrected chi connectivity index (χ2v) is 5.03. The molecule has 2 aliphatic heterocycles. The average Bonchev–Trinajstić information content (AvgIpc) is 2.75. The molecular weight excluding hydrogens is 202 g/mol. The number of rotatable bonds is 5. The predicted molar refractivity (Wildman–Crippen MR) is 65.8 cm³/mol. The van der Waals surface area contributed by atoms with Gasteiger partial charge in [-0.1, -0.05) is 0 Å². The lowest BCUT2D eigenvalue weighted by molar-refractivity contribution is 0.0810. The second kappa shape index (κ2) is 5.96. The standard InChI is InChI=1S/C12H25N3O/c1-13-11(10-16-2)8-14-6-7-15-5-3-4-12(15)9-14/h11-13H,3-10H2,1-2H3. The number of likely N-dealkylation sites (N-methyl/N-ethyl adjacent to an activating group) is 1. The van der Waals surface area contributed by atoms with Crippen LogP contribution < -0.4 is 5.32 Å². The summed E-state index contributed by atoms with van der Waals surface area (Å²) < 4.78 is 5.22. The molecule has 0 spiro atoms. The molecule has 0 bridgehead atoms. The monoisotopic (exact) mass is 227 g/mol. The first-order valence-electron chi connectivity index (χ1n) is 6.46. The Morgan fingerprint density at radius 3 is 3.00 bits per heavy atom. The normalized spacial score (nSPS) is 29.2. The van der Waals surface area contributed by atoms with E-state index in [1.807, 2.05) is 7.05 Å². The van der Waals surface area contributed by atoms with Gasteiger partial charge in [-0.25, -0.2) is 0 Å². The molecular formula is C12H25N3O. The third-order valence-electron chi connectivity index (χ3n) is 3.93. The Balaban J connectivity index is 1.77. The van der Waals surface area contributed by atoms with Gasteiger partial charge < -0.3 is 10.1 Å². The van der Waals surface area contributed by atoms with Crippen molar-refractivity contribution in [3.05, 3.63) is 0 Å². The highest BCUT2D eigenvalue weighted by Crippen LogP contribution is 2.21. The zero-order chi connectivity index (χ0) is 11.4. The van der Waals surface area contributed by atoms with Crippen molar-refractivity contribution in [1.29, 1.82) is 0 Å². The number of piperazine rings is 1. The Hall–Kier alpha value is -0.160.